The second kappa shape index (κ2) is 9.30. The Kier molecular flexibility index (Phi) is 6.43. The predicted molar refractivity (Wildman–Crippen MR) is 130 cm³/mol. The van der Waals surface area contributed by atoms with Gasteiger partial charge in [0.15, 0.2) is 11.4 Å². The number of aryl methyl sites for hydroxylation is 1. The number of aromatic amines is 1. The van der Waals surface area contributed by atoms with Gasteiger partial charge >= 0.3 is 5.69 Å². The Labute approximate surface area is 197 Å². The second-order valence-corrected chi connectivity index (χ2v) is 10.1. The molecule has 0 radical (unpaired) electrons. The van der Waals surface area contributed by atoms with E-state index in [1.54, 1.807) is 18.3 Å². The van der Waals surface area contributed by atoms with E-state index < -0.39 is 21.6 Å². The number of rotatable bonds is 8. The van der Waals surface area contributed by atoms with Gasteiger partial charge in [0.1, 0.15) is 9.84 Å². The van der Waals surface area contributed by atoms with E-state index in [1.165, 1.54) is 11.7 Å². The highest BCUT2D eigenvalue weighted by Crippen LogP contribution is 2.31. The van der Waals surface area contributed by atoms with Crippen LogP contribution in [0.25, 0.3) is 22.3 Å². The van der Waals surface area contributed by atoms with Crippen molar-refractivity contribution >= 4 is 21.0 Å². The summed E-state index contributed by atoms with van der Waals surface area (Å²) in [4.78, 5) is 25.1. The van der Waals surface area contributed by atoms with Crippen LogP contribution in [0.3, 0.4) is 0 Å². The average Bonchev–Trinajstić information content (AvgIpc) is 3.14. The summed E-state index contributed by atoms with van der Waals surface area (Å²) in [6, 6.07) is 12.1. The number of hydrogen-bond acceptors (Lipinski definition) is 7. The summed E-state index contributed by atoms with van der Waals surface area (Å²) in [6.07, 6.45) is 2.82. The van der Waals surface area contributed by atoms with Crippen molar-refractivity contribution in [3.05, 3.63) is 70.4 Å². The summed E-state index contributed by atoms with van der Waals surface area (Å²) in [7, 11) is -2.00. The van der Waals surface area contributed by atoms with Crippen LogP contribution in [-0.2, 0) is 9.84 Å². The first-order valence-corrected chi connectivity index (χ1v) is 12.8. The maximum atomic E-state index is 13.2. The molecular weight excluding hydrogens is 456 g/mol. The zero-order valence-corrected chi connectivity index (χ0v) is 20.2. The number of imidazole rings is 1. The third kappa shape index (κ3) is 4.54. The molecule has 0 fully saturated rings. The Morgan fingerprint density at radius 1 is 1.15 bits per heavy atom. The first kappa shape index (κ1) is 23.5. The van der Waals surface area contributed by atoms with Crippen LogP contribution >= 0.6 is 0 Å². The van der Waals surface area contributed by atoms with Crippen LogP contribution in [0.1, 0.15) is 24.2 Å². The van der Waals surface area contributed by atoms with Crippen molar-refractivity contribution in [3.63, 3.8) is 0 Å². The monoisotopic (exact) mass is 482 g/mol. The molecule has 0 saturated heterocycles. The third-order valence-corrected chi connectivity index (χ3v) is 6.47. The molecule has 178 valence electrons. The Hall–Kier alpha value is -3.66. The molecule has 4 rings (SSSR count). The molecule has 1 N–H and O–H groups in total. The number of sulfone groups is 1. The van der Waals surface area contributed by atoms with Crippen LogP contribution in [-0.4, -0.2) is 53.7 Å². The van der Waals surface area contributed by atoms with Gasteiger partial charge in [-0.2, -0.15) is 0 Å². The molecule has 3 heterocycles. The molecule has 4 aromatic rings. The van der Waals surface area contributed by atoms with Crippen LogP contribution < -0.4 is 15.2 Å². The first-order valence-electron chi connectivity index (χ1n) is 10.7. The van der Waals surface area contributed by atoms with Crippen molar-refractivity contribution in [1.29, 1.82) is 0 Å². The highest BCUT2D eigenvalue weighted by molar-refractivity contribution is 7.90. The Morgan fingerprint density at radius 2 is 1.88 bits per heavy atom. The first-order chi connectivity index (χ1) is 16.2. The summed E-state index contributed by atoms with van der Waals surface area (Å²) in [5.74, 6) is 0.298. The minimum absolute atomic E-state index is 0.226. The van der Waals surface area contributed by atoms with Gasteiger partial charge in [0.25, 0.3) is 5.88 Å². The standard InChI is InChI=1S/C24H26N4O5S/c1-5-33-23-20(32-3)12-11-18(26-23)19(14-34(4,30)31)28-22-21(27-24(28)29)15(2)17(13-25-22)16-9-7-6-8-10-16/h6-13,19H,5,14H2,1-4H3,(H,27,29)/t19-/m1/s1. The molecule has 0 saturated carbocycles. The quantitative estimate of drug-likeness (QED) is 0.410. The van der Waals surface area contributed by atoms with E-state index in [1.807, 2.05) is 44.2 Å². The normalized spacial score (nSPS) is 12.6. The minimum atomic E-state index is -3.50. The van der Waals surface area contributed by atoms with Gasteiger partial charge < -0.3 is 14.5 Å². The molecule has 3 aromatic heterocycles. The molecule has 0 aliphatic carbocycles. The lowest BCUT2D eigenvalue weighted by molar-refractivity contribution is 0.296. The van der Waals surface area contributed by atoms with E-state index in [2.05, 4.69) is 15.0 Å². The summed E-state index contributed by atoms with van der Waals surface area (Å²) >= 11 is 0. The number of benzene rings is 1. The molecule has 34 heavy (non-hydrogen) atoms. The fraction of sp³-hybridized carbons (Fsp3) is 0.292. The van der Waals surface area contributed by atoms with E-state index in [-0.39, 0.29) is 11.6 Å². The lowest BCUT2D eigenvalue weighted by Crippen LogP contribution is -2.29. The van der Waals surface area contributed by atoms with Crippen molar-refractivity contribution in [2.24, 2.45) is 0 Å². The molecule has 0 aliphatic rings. The highest BCUT2D eigenvalue weighted by atomic mass is 32.2. The Balaban J connectivity index is 1.92. The lowest BCUT2D eigenvalue weighted by atomic mass is 10.0. The smallest absolute Gasteiger partial charge is 0.328 e. The zero-order valence-electron chi connectivity index (χ0n) is 19.4. The summed E-state index contributed by atoms with van der Waals surface area (Å²) in [6.45, 7) is 4.06. The van der Waals surface area contributed by atoms with Gasteiger partial charge in [0.2, 0.25) is 0 Å². The van der Waals surface area contributed by atoms with Crippen molar-refractivity contribution in [3.8, 4) is 22.8 Å². The summed E-state index contributed by atoms with van der Waals surface area (Å²) < 4.78 is 37.0. The number of hydrogen-bond donors (Lipinski definition) is 1. The maximum absolute atomic E-state index is 13.2. The Morgan fingerprint density at radius 3 is 2.53 bits per heavy atom. The largest absolute Gasteiger partial charge is 0.491 e. The molecule has 9 nitrogen and oxygen atoms in total. The molecule has 1 aromatic carbocycles. The molecule has 0 amide bonds. The molecule has 10 heteroatoms. The van der Waals surface area contributed by atoms with Crippen molar-refractivity contribution in [1.82, 2.24) is 19.5 Å². The molecule has 0 aliphatic heterocycles. The van der Waals surface area contributed by atoms with E-state index in [9.17, 15) is 13.2 Å². The van der Waals surface area contributed by atoms with E-state index in [4.69, 9.17) is 9.47 Å². The van der Waals surface area contributed by atoms with E-state index in [0.717, 1.165) is 22.9 Å². The van der Waals surface area contributed by atoms with Crippen LogP contribution in [0, 0.1) is 6.92 Å². The topological polar surface area (TPSA) is 116 Å². The number of H-pyrrole nitrogens is 1. The number of nitrogens with zero attached hydrogens (tertiary/aromatic N) is 3. The molecular formula is C24H26N4O5S. The van der Waals surface area contributed by atoms with Crippen LogP contribution in [0.4, 0.5) is 0 Å². The van der Waals surface area contributed by atoms with Gasteiger partial charge in [0.05, 0.1) is 36.7 Å². The molecule has 0 unspecified atom stereocenters. The van der Waals surface area contributed by atoms with Gasteiger partial charge in [0, 0.05) is 18.0 Å². The number of methoxy groups -OCH3 is 1. The number of pyridine rings is 2. The third-order valence-electron chi connectivity index (χ3n) is 5.54. The molecule has 0 bridgehead atoms. The van der Waals surface area contributed by atoms with Gasteiger partial charge in [-0.05, 0) is 37.1 Å². The fourth-order valence-corrected chi connectivity index (χ4v) is 4.88. The number of aromatic nitrogens is 4. The van der Waals surface area contributed by atoms with Crippen LogP contribution in [0.15, 0.2) is 53.5 Å². The minimum Gasteiger partial charge on any atom is -0.491 e. The highest BCUT2D eigenvalue weighted by Gasteiger charge is 2.27. The van der Waals surface area contributed by atoms with Crippen molar-refractivity contribution in [2.75, 3.05) is 25.7 Å². The molecule has 0 spiro atoms. The maximum Gasteiger partial charge on any atom is 0.328 e. The molecule has 1 atom stereocenters. The Bertz CT molecular complexity index is 1490. The predicted octanol–water partition coefficient (Wildman–Crippen LogP) is 3.14. The van der Waals surface area contributed by atoms with E-state index in [0.29, 0.717) is 29.2 Å². The number of nitrogens with one attached hydrogen (secondary N) is 1. The fourth-order valence-electron chi connectivity index (χ4n) is 3.98. The zero-order chi connectivity index (χ0) is 24.5. The lowest BCUT2D eigenvalue weighted by Gasteiger charge is -2.19. The second-order valence-electron chi connectivity index (χ2n) is 7.95. The summed E-state index contributed by atoms with van der Waals surface area (Å²) in [5, 5.41) is 0. The average molecular weight is 483 g/mol. The van der Waals surface area contributed by atoms with Gasteiger partial charge in [-0.3, -0.25) is 4.57 Å². The van der Waals surface area contributed by atoms with Gasteiger partial charge in [-0.1, -0.05) is 30.3 Å². The number of ether oxygens (including phenoxy) is 2. The SMILES string of the molecule is CCOc1nc([C@@H](CS(C)(=O)=O)n2c(=O)[nH]c3c(C)c(-c4ccccc4)cnc32)ccc1OC. The van der Waals surface area contributed by atoms with E-state index >= 15 is 0 Å². The van der Waals surface area contributed by atoms with Gasteiger partial charge in [-0.15, -0.1) is 0 Å². The summed E-state index contributed by atoms with van der Waals surface area (Å²) in [5.41, 5.74) is 3.46. The number of fused-ring (bicyclic) bond motifs is 1. The van der Waals surface area contributed by atoms with Crippen LogP contribution in [0.2, 0.25) is 0 Å². The van der Waals surface area contributed by atoms with Crippen LogP contribution in [0.5, 0.6) is 11.6 Å². The van der Waals surface area contributed by atoms with Gasteiger partial charge in [-0.25, -0.2) is 23.2 Å². The van der Waals surface area contributed by atoms with Crippen molar-refractivity contribution in [2.45, 2.75) is 19.9 Å². The van der Waals surface area contributed by atoms with Crippen molar-refractivity contribution < 1.29 is 17.9 Å².